The topological polar surface area (TPSA) is 47.9 Å². The lowest BCUT2D eigenvalue weighted by molar-refractivity contribution is -0.0744. The van der Waals surface area contributed by atoms with Crippen LogP contribution in [0.5, 0.6) is 11.5 Å². The molecule has 4 nitrogen and oxygen atoms in total. The molecule has 2 unspecified atom stereocenters. The molecular formula is C15H20O4. The van der Waals surface area contributed by atoms with Crippen molar-refractivity contribution in [1.82, 2.24) is 0 Å². The van der Waals surface area contributed by atoms with Crippen LogP contribution >= 0.6 is 0 Å². The highest BCUT2D eigenvalue weighted by Gasteiger charge is 2.34. The molecule has 1 fully saturated rings. The van der Waals surface area contributed by atoms with E-state index >= 15 is 0 Å². The van der Waals surface area contributed by atoms with E-state index in [1.165, 1.54) is 0 Å². The first-order chi connectivity index (χ1) is 9.05. The van der Waals surface area contributed by atoms with Crippen LogP contribution < -0.4 is 9.47 Å². The van der Waals surface area contributed by atoms with Gasteiger partial charge in [0.05, 0.1) is 12.7 Å². The Labute approximate surface area is 113 Å². The zero-order valence-corrected chi connectivity index (χ0v) is 11.4. The number of para-hydroxylation sites is 1. The fourth-order valence-corrected chi connectivity index (χ4v) is 2.66. The Morgan fingerprint density at radius 2 is 2.21 bits per heavy atom. The maximum atomic E-state index is 9.94. The maximum absolute atomic E-state index is 9.94. The molecule has 0 saturated carbocycles. The highest BCUT2D eigenvalue weighted by atomic mass is 16.6. The van der Waals surface area contributed by atoms with E-state index in [0.29, 0.717) is 25.4 Å². The van der Waals surface area contributed by atoms with Crippen molar-refractivity contribution in [2.75, 3.05) is 13.2 Å². The van der Waals surface area contributed by atoms with Crippen molar-refractivity contribution in [2.45, 2.75) is 44.5 Å². The van der Waals surface area contributed by atoms with E-state index in [4.69, 9.17) is 14.2 Å². The molecule has 2 heterocycles. The minimum Gasteiger partial charge on any atom is -0.483 e. The van der Waals surface area contributed by atoms with Crippen LogP contribution in [-0.4, -0.2) is 36.1 Å². The van der Waals surface area contributed by atoms with Crippen molar-refractivity contribution < 1.29 is 19.3 Å². The molecule has 0 aromatic heterocycles. The van der Waals surface area contributed by atoms with Crippen LogP contribution in [0.2, 0.25) is 0 Å². The molecule has 1 N–H and O–H groups in total. The molecule has 0 spiro atoms. The second-order valence-corrected chi connectivity index (χ2v) is 5.87. The first-order valence-electron chi connectivity index (χ1n) is 6.78. The quantitative estimate of drug-likeness (QED) is 0.886. The zero-order chi connectivity index (χ0) is 13.5. The van der Waals surface area contributed by atoms with Crippen LogP contribution in [0.15, 0.2) is 18.2 Å². The molecule has 4 heteroatoms. The molecule has 0 aliphatic carbocycles. The van der Waals surface area contributed by atoms with Crippen LogP contribution in [0.25, 0.3) is 0 Å². The van der Waals surface area contributed by atoms with Crippen LogP contribution in [0.3, 0.4) is 0 Å². The van der Waals surface area contributed by atoms with Crippen molar-refractivity contribution in [3.8, 4) is 11.5 Å². The average Bonchev–Trinajstić information content (AvgIpc) is 2.67. The van der Waals surface area contributed by atoms with Crippen LogP contribution in [0.1, 0.15) is 25.8 Å². The molecule has 104 valence electrons. The number of benzene rings is 1. The highest BCUT2D eigenvalue weighted by Crippen LogP contribution is 2.42. The van der Waals surface area contributed by atoms with Gasteiger partial charge in [-0.3, -0.25) is 0 Å². The van der Waals surface area contributed by atoms with Gasteiger partial charge in [0, 0.05) is 25.0 Å². The van der Waals surface area contributed by atoms with E-state index in [-0.39, 0.29) is 11.7 Å². The first-order valence-corrected chi connectivity index (χ1v) is 6.78. The van der Waals surface area contributed by atoms with Gasteiger partial charge in [0.25, 0.3) is 0 Å². The van der Waals surface area contributed by atoms with Gasteiger partial charge >= 0.3 is 0 Å². The largest absolute Gasteiger partial charge is 0.483 e. The summed E-state index contributed by atoms with van der Waals surface area (Å²) in [5.41, 5.74) is 0.970. The Hall–Kier alpha value is -1.26. The maximum Gasteiger partial charge on any atom is 0.165 e. The SMILES string of the molecule is CC1(C)Cc2cccc(OC3COCCC3O)c2O1. The molecule has 1 aromatic rings. The third-order valence-electron chi connectivity index (χ3n) is 3.60. The van der Waals surface area contributed by atoms with Gasteiger partial charge in [0.1, 0.15) is 11.7 Å². The molecule has 0 radical (unpaired) electrons. The van der Waals surface area contributed by atoms with E-state index < -0.39 is 6.10 Å². The second kappa shape index (κ2) is 4.69. The fraction of sp³-hybridized carbons (Fsp3) is 0.600. The van der Waals surface area contributed by atoms with Crippen LogP contribution in [0.4, 0.5) is 0 Å². The summed E-state index contributed by atoms with van der Waals surface area (Å²) < 4.78 is 17.2. The van der Waals surface area contributed by atoms with E-state index in [0.717, 1.165) is 17.7 Å². The minimum atomic E-state index is -0.473. The smallest absolute Gasteiger partial charge is 0.165 e. The lowest BCUT2D eigenvalue weighted by Gasteiger charge is -2.29. The summed E-state index contributed by atoms with van der Waals surface area (Å²) in [6.07, 6.45) is 0.710. The first kappa shape index (κ1) is 12.8. The Morgan fingerprint density at radius 1 is 1.37 bits per heavy atom. The summed E-state index contributed by atoms with van der Waals surface area (Å²) in [5, 5.41) is 9.94. The summed E-state index contributed by atoms with van der Waals surface area (Å²) >= 11 is 0. The highest BCUT2D eigenvalue weighted by molar-refractivity contribution is 5.50. The van der Waals surface area contributed by atoms with Gasteiger partial charge in [-0.15, -0.1) is 0 Å². The second-order valence-electron chi connectivity index (χ2n) is 5.87. The lowest BCUT2D eigenvalue weighted by Crippen LogP contribution is -2.41. The van der Waals surface area contributed by atoms with Crippen molar-refractivity contribution in [3.05, 3.63) is 23.8 Å². The molecule has 2 atom stereocenters. The molecule has 1 aromatic carbocycles. The van der Waals surface area contributed by atoms with Crippen molar-refractivity contribution >= 4 is 0 Å². The molecule has 19 heavy (non-hydrogen) atoms. The minimum absolute atomic E-state index is 0.191. The third kappa shape index (κ3) is 2.55. The normalized spacial score (nSPS) is 28.6. The standard InChI is InChI=1S/C15H20O4/c1-15(2)8-10-4-3-5-12(14(10)19-15)18-13-9-17-7-6-11(13)16/h3-5,11,13,16H,6-9H2,1-2H3. The summed E-state index contributed by atoms with van der Waals surface area (Å²) in [6, 6.07) is 5.92. The van der Waals surface area contributed by atoms with E-state index in [9.17, 15) is 5.11 Å². The van der Waals surface area contributed by atoms with E-state index in [2.05, 4.69) is 19.9 Å². The zero-order valence-electron chi connectivity index (χ0n) is 11.4. The lowest BCUT2D eigenvalue weighted by atomic mass is 10.0. The van der Waals surface area contributed by atoms with Crippen molar-refractivity contribution in [1.29, 1.82) is 0 Å². The Morgan fingerprint density at radius 3 is 3.00 bits per heavy atom. The number of rotatable bonds is 2. The fourth-order valence-electron chi connectivity index (χ4n) is 2.66. The van der Waals surface area contributed by atoms with Gasteiger partial charge in [-0.2, -0.15) is 0 Å². The Kier molecular flexibility index (Phi) is 3.15. The Balaban J connectivity index is 1.81. The van der Waals surface area contributed by atoms with E-state index in [1.54, 1.807) is 0 Å². The van der Waals surface area contributed by atoms with Crippen LogP contribution in [-0.2, 0) is 11.2 Å². The van der Waals surface area contributed by atoms with Crippen LogP contribution in [0, 0.1) is 0 Å². The number of ether oxygens (including phenoxy) is 3. The van der Waals surface area contributed by atoms with Gasteiger partial charge in [-0.1, -0.05) is 12.1 Å². The number of fused-ring (bicyclic) bond motifs is 1. The molecule has 2 aliphatic rings. The number of hydrogen-bond donors (Lipinski definition) is 1. The van der Waals surface area contributed by atoms with Gasteiger partial charge in [-0.05, 0) is 19.9 Å². The number of hydrogen-bond acceptors (Lipinski definition) is 4. The molecule has 0 amide bonds. The van der Waals surface area contributed by atoms with Crippen molar-refractivity contribution in [3.63, 3.8) is 0 Å². The molecule has 2 aliphatic heterocycles. The monoisotopic (exact) mass is 264 g/mol. The molecular weight excluding hydrogens is 244 g/mol. The van der Waals surface area contributed by atoms with Gasteiger partial charge < -0.3 is 19.3 Å². The summed E-state index contributed by atoms with van der Waals surface area (Å²) in [5.74, 6) is 1.52. The predicted molar refractivity (Wildman–Crippen MR) is 70.7 cm³/mol. The van der Waals surface area contributed by atoms with Crippen molar-refractivity contribution in [2.24, 2.45) is 0 Å². The number of aliphatic hydroxyl groups is 1. The predicted octanol–water partition coefficient (Wildman–Crippen LogP) is 1.93. The average molecular weight is 264 g/mol. The summed E-state index contributed by atoms with van der Waals surface area (Å²) in [6.45, 7) is 5.15. The summed E-state index contributed by atoms with van der Waals surface area (Å²) in [7, 11) is 0. The number of aliphatic hydroxyl groups excluding tert-OH is 1. The van der Waals surface area contributed by atoms with Gasteiger partial charge in [0.2, 0.25) is 0 Å². The van der Waals surface area contributed by atoms with Gasteiger partial charge in [0.15, 0.2) is 11.5 Å². The van der Waals surface area contributed by atoms with Gasteiger partial charge in [-0.25, -0.2) is 0 Å². The van der Waals surface area contributed by atoms with E-state index in [1.807, 2.05) is 12.1 Å². The Bertz CT molecular complexity index is 469. The molecule has 1 saturated heterocycles. The third-order valence-corrected chi connectivity index (χ3v) is 3.60. The molecule has 0 bridgehead atoms. The summed E-state index contributed by atoms with van der Waals surface area (Å²) in [4.78, 5) is 0. The molecule has 3 rings (SSSR count).